The average molecular weight is 970 g/mol. The number of anilines is 1. The number of ether oxygens (including phenoxy) is 2. The van der Waals surface area contributed by atoms with Gasteiger partial charge in [0.2, 0.25) is 11.6 Å². The number of allylic oxidation sites excluding steroid dienone is 8. The van der Waals surface area contributed by atoms with Crippen LogP contribution in [-0.2, 0) is 39.5 Å². The van der Waals surface area contributed by atoms with Crippen molar-refractivity contribution in [2.45, 2.75) is 96.9 Å². The number of rotatable bonds is 20. The highest BCUT2D eigenvalue weighted by atomic mass is 35.5. The highest BCUT2D eigenvalue weighted by Gasteiger charge is 2.44. The summed E-state index contributed by atoms with van der Waals surface area (Å²) in [5, 5.41) is 13.6. The molecule has 0 saturated carbocycles. The molecule has 6 rings (SSSR count). The summed E-state index contributed by atoms with van der Waals surface area (Å²) in [6, 6.07) is 17.8. The van der Waals surface area contributed by atoms with E-state index < -0.39 is 5.97 Å². The number of hydrogen-bond acceptors (Lipinski definition) is 11. The van der Waals surface area contributed by atoms with Crippen molar-refractivity contribution in [3.63, 3.8) is 0 Å². The van der Waals surface area contributed by atoms with Crippen molar-refractivity contribution in [3.8, 4) is 0 Å². The number of amides is 1. The lowest BCUT2D eigenvalue weighted by atomic mass is 9.81. The predicted molar refractivity (Wildman–Crippen MR) is 273 cm³/mol. The van der Waals surface area contributed by atoms with Gasteiger partial charge in [-0.2, -0.15) is 4.58 Å². The van der Waals surface area contributed by atoms with Crippen molar-refractivity contribution >= 4 is 53.5 Å². The number of para-hydroxylation sites is 2. The fraction of sp³-hybridized carbons (Fsp3) is 0.537. The number of hydrogen-bond donors (Lipinski definition) is 2. The van der Waals surface area contributed by atoms with Crippen LogP contribution in [0.5, 0.6) is 0 Å². The van der Waals surface area contributed by atoms with Crippen LogP contribution in [0.3, 0.4) is 0 Å². The molecule has 1 amide bonds. The maximum Gasteiger partial charge on any atom is 0.317 e. The van der Waals surface area contributed by atoms with Gasteiger partial charge in [-0.3, -0.25) is 38.8 Å². The van der Waals surface area contributed by atoms with Crippen LogP contribution >= 0.6 is 11.6 Å². The molecule has 1 aliphatic carbocycles. The SMILES string of the molecule is CCCC(C)N1C(=CC=C2CCCC(C=CC3=[N+](CCCNC(=O)CN4CCN(COC=O)CCN(COC=O)CCN(CC(=O)O)CC4)c4ccccc4C3(C)C)=C2Cl)C(C)(C)c2ccccc21. The number of carbonyl (C=O) groups is 4. The Labute approximate surface area is 414 Å². The highest BCUT2D eigenvalue weighted by molar-refractivity contribution is 6.32. The van der Waals surface area contributed by atoms with Gasteiger partial charge in [0.1, 0.15) is 13.5 Å². The van der Waals surface area contributed by atoms with Gasteiger partial charge in [0.05, 0.1) is 18.5 Å². The molecule has 4 aliphatic rings. The zero-order chi connectivity index (χ0) is 49.6. The first kappa shape index (κ1) is 53.2. The summed E-state index contributed by atoms with van der Waals surface area (Å²) in [7, 11) is 0. The second kappa shape index (κ2) is 25.1. The fourth-order valence-corrected chi connectivity index (χ4v) is 10.7. The van der Waals surface area contributed by atoms with Gasteiger partial charge >= 0.3 is 5.97 Å². The number of fused-ring (bicyclic) bond motifs is 2. The van der Waals surface area contributed by atoms with Crippen LogP contribution in [0.2, 0.25) is 0 Å². The Morgan fingerprint density at radius 2 is 1.39 bits per heavy atom. The molecule has 14 nitrogen and oxygen atoms in total. The van der Waals surface area contributed by atoms with Gasteiger partial charge < -0.3 is 24.8 Å². The monoisotopic (exact) mass is 969 g/mol. The lowest BCUT2D eigenvalue weighted by Gasteiger charge is -2.33. The average Bonchev–Trinajstić information content (AvgIpc) is 3.68. The largest absolute Gasteiger partial charge is 0.480 e. The first-order valence-corrected chi connectivity index (χ1v) is 25.2. The van der Waals surface area contributed by atoms with Crippen molar-refractivity contribution in [2.24, 2.45) is 0 Å². The molecule has 1 atom stereocenters. The summed E-state index contributed by atoms with van der Waals surface area (Å²) in [4.78, 5) is 57.6. The van der Waals surface area contributed by atoms with E-state index in [0.29, 0.717) is 90.9 Å². The van der Waals surface area contributed by atoms with Crippen molar-refractivity contribution in [3.05, 3.63) is 106 Å². The lowest BCUT2D eigenvalue weighted by molar-refractivity contribution is -0.437. The van der Waals surface area contributed by atoms with Gasteiger partial charge in [0.25, 0.3) is 12.9 Å². The van der Waals surface area contributed by atoms with Gasteiger partial charge in [0.15, 0.2) is 12.3 Å². The van der Waals surface area contributed by atoms with Crippen LogP contribution in [0.4, 0.5) is 11.4 Å². The first-order valence-electron chi connectivity index (χ1n) is 24.8. The second-order valence-corrected chi connectivity index (χ2v) is 20.1. The van der Waals surface area contributed by atoms with Crippen LogP contribution in [-0.4, -0.2) is 158 Å². The van der Waals surface area contributed by atoms with Crippen molar-refractivity contribution < 1.29 is 38.3 Å². The third-order valence-electron chi connectivity index (χ3n) is 14.2. The maximum absolute atomic E-state index is 13.6. The van der Waals surface area contributed by atoms with E-state index in [9.17, 15) is 24.3 Å². The predicted octanol–water partition coefficient (Wildman–Crippen LogP) is 7.17. The molecule has 1 fully saturated rings. The minimum atomic E-state index is -0.941. The molecule has 374 valence electrons. The van der Waals surface area contributed by atoms with E-state index in [4.69, 9.17) is 21.1 Å². The van der Waals surface area contributed by atoms with Crippen LogP contribution in [0.15, 0.2) is 94.7 Å². The molecule has 3 heterocycles. The maximum atomic E-state index is 13.6. The summed E-state index contributed by atoms with van der Waals surface area (Å²) in [5.74, 6) is -1.06. The molecular formula is C54H75ClN7O7+. The van der Waals surface area contributed by atoms with E-state index >= 15 is 0 Å². The van der Waals surface area contributed by atoms with Crippen LogP contribution < -0.4 is 10.2 Å². The zero-order valence-electron chi connectivity index (χ0n) is 41.8. The molecule has 1 saturated heterocycles. The van der Waals surface area contributed by atoms with Gasteiger partial charge in [0, 0.05) is 111 Å². The Hall–Kier alpha value is -5.12. The molecule has 2 aromatic rings. The van der Waals surface area contributed by atoms with Crippen LogP contribution in [0.25, 0.3) is 0 Å². The quantitative estimate of drug-likeness (QED) is 0.0791. The molecule has 15 heteroatoms. The molecule has 2 aromatic carbocycles. The number of benzene rings is 2. The Balaban J connectivity index is 1.15. The van der Waals surface area contributed by atoms with Crippen molar-refractivity contribution in [1.29, 1.82) is 0 Å². The Kier molecular flexibility index (Phi) is 19.4. The summed E-state index contributed by atoms with van der Waals surface area (Å²) in [6.07, 6.45) is 14.9. The van der Waals surface area contributed by atoms with Gasteiger partial charge in [-0.1, -0.05) is 87.3 Å². The summed E-state index contributed by atoms with van der Waals surface area (Å²) in [5.41, 5.74) is 9.49. The van der Waals surface area contributed by atoms with E-state index in [0.717, 1.165) is 42.7 Å². The van der Waals surface area contributed by atoms with E-state index in [1.54, 1.807) is 0 Å². The molecule has 69 heavy (non-hydrogen) atoms. The zero-order valence-corrected chi connectivity index (χ0v) is 42.5. The normalized spacial score (nSPS) is 21.2. The Bertz CT molecular complexity index is 2290. The molecule has 0 bridgehead atoms. The number of carboxylic acid groups (broad SMARTS) is 1. The molecule has 2 N–H and O–H groups in total. The smallest absolute Gasteiger partial charge is 0.317 e. The van der Waals surface area contributed by atoms with Crippen LogP contribution in [0.1, 0.15) is 91.2 Å². The van der Waals surface area contributed by atoms with E-state index in [1.165, 1.54) is 39.5 Å². The topological polar surface area (TPSA) is 138 Å². The Morgan fingerprint density at radius 1 is 0.797 bits per heavy atom. The number of aliphatic carboxylic acids is 1. The second-order valence-electron chi connectivity index (χ2n) is 19.8. The Morgan fingerprint density at radius 3 is 2.01 bits per heavy atom. The lowest BCUT2D eigenvalue weighted by Crippen LogP contribution is -2.49. The van der Waals surface area contributed by atoms with Crippen molar-refractivity contribution in [1.82, 2.24) is 24.9 Å². The minimum absolute atomic E-state index is 0.0650. The van der Waals surface area contributed by atoms with E-state index in [-0.39, 0.29) is 43.3 Å². The van der Waals surface area contributed by atoms with Gasteiger partial charge in [-0.25, -0.2) is 0 Å². The molecule has 3 aliphatic heterocycles. The van der Waals surface area contributed by atoms with E-state index in [1.807, 2.05) is 19.6 Å². The highest BCUT2D eigenvalue weighted by Crippen LogP contribution is 2.49. The van der Waals surface area contributed by atoms with Crippen molar-refractivity contribution in [2.75, 3.05) is 96.9 Å². The minimum Gasteiger partial charge on any atom is -0.480 e. The molecule has 0 radical (unpaired) electrons. The number of nitrogens with zero attached hydrogens (tertiary/aromatic N) is 6. The molecule has 0 aromatic heterocycles. The third kappa shape index (κ3) is 13.6. The standard InChI is InChI=1S/C54H74ClN7O7/c1-7-14-41(2)62-47-20-11-9-18-45(47)54(5,6)49(62)24-22-43-16-12-15-42(52(43)55)21-23-48-53(3,4)44-17-8-10-19-46(44)61(48)26-13-25-56-50(65)35-57-27-28-58(36-51(66)67)30-32-60(38-69-40-64)34-33-59(31-29-57)37-68-39-63/h8-11,17-24,39-41H,7,12-16,25-38H2,1-6H3,(H-,56,65,66,67)/p+1. The first-order chi connectivity index (χ1) is 33.2. The number of carbonyl (C=O) groups excluding carboxylic acids is 3. The fourth-order valence-electron chi connectivity index (χ4n) is 10.4. The van der Waals surface area contributed by atoms with Crippen LogP contribution in [0, 0.1) is 0 Å². The number of carboxylic acids is 1. The molecular weight excluding hydrogens is 894 g/mol. The number of nitrogens with one attached hydrogen (secondary N) is 1. The van der Waals surface area contributed by atoms with Gasteiger partial charge in [-0.05, 0) is 75.3 Å². The summed E-state index contributed by atoms with van der Waals surface area (Å²) in [6.45, 7) is 19.7. The summed E-state index contributed by atoms with van der Waals surface area (Å²) >= 11 is 7.34. The van der Waals surface area contributed by atoms with Gasteiger partial charge in [-0.15, -0.1) is 0 Å². The number of halogens is 1. The third-order valence-corrected chi connectivity index (χ3v) is 14.7. The molecule has 0 spiro atoms. The van der Waals surface area contributed by atoms with E-state index in [2.05, 4.69) is 129 Å². The summed E-state index contributed by atoms with van der Waals surface area (Å²) < 4.78 is 12.5. The molecule has 1 unspecified atom stereocenters.